The highest BCUT2D eigenvalue weighted by Gasteiger charge is 2.43. The number of anilines is 1. The average Bonchev–Trinajstić information content (AvgIpc) is 3.33. The maximum absolute atomic E-state index is 13.7. The SMILES string of the molecule is CN1CCC(N(C)C2=C(c3cccs3)C(=O)N(c3ccc(C(C)(C)C)cc3)C2=O)CC1. The zero-order valence-electron chi connectivity index (χ0n) is 19.0. The Morgan fingerprint density at radius 2 is 1.65 bits per heavy atom. The summed E-state index contributed by atoms with van der Waals surface area (Å²) in [6.07, 6.45) is 1.96. The summed E-state index contributed by atoms with van der Waals surface area (Å²) in [7, 11) is 4.09. The van der Waals surface area contributed by atoms with Crippen molar-refractivity contribution in [2.24, 2.45) is 0 Å². The van der Waals surface area contributed by atoms with Crippen molar-refractivity contribution in [3.63, 3.8) is 0 Å². The van der Waals surface area contributed by atoms with Gasteiger partial charge in [0, 0.05) is 18.0 Å². The molecule has 0 atom stereocenters. The van der Waals surface area contributed by atoms with E-state index in [9.17, 15) is 9.59 Å². The van der Waals surface area contributed by atoms with Crippen molar-refractivity contribution in [1.29, 1.82) is 0 Å². The topological polar surface area (TPSA) is 43.9 Å². The van der Waals surface area contributed by atoms with E-state index in [2.05, 4.69) is 37.6 Å². The van der Waals surface area contributed by atoms with Crippen LogP contribution in [0.15, 0.2) is 47.5 Å². The molecule has 31 heavy (non-hydrogen) atoms. The molecule has 3 heterocycles. The van der Waals surface area contributed by atoms with E-state index < -0.39 is 0 Å². The highest BCUT2D eigenvalue weighted by molar-refractivity contribution is 7.11. The van der Waals surface area contributed by atoms with Crippen LogP contribution in [-0.2, 0) is 15.0 Å². The number of likely N-dealkylation sites (N-methyl/N-ethyl adjacent to an activating group) is 1. The zero-order chi connectivity index (χ0) is 22.3. The van der Waals surface area contributed by atoms with E-state index in [1.807, 2.05) is 48.8 Å². The van der Waals surface area contributed by atoms with Crippen molar-refractivity contribution in [1.82, 2.24) is 9.80 Å². The maximum Gasteiger partial charge on any atom is 0.282 e. The highest BCUT2D eigenvalue weighted by atomic mass is 32.1. The molecule has 0 bridgehead atoms. The molecule has 1 aromatic heterocycles. The van der Waals surface area contributed by atoms with Gasteiger partial charge in [-0.05, 0) is 67.5 Å². The number of rotatable bonds is 4. The highest BCUT2D eigenvalue weighted by Crippen LogP contribution is 2.38. The van der Waals surface area contributed by atoms with Gasteiger partial charge in [0.25, 0.3) is 11.8 Å². The zero-order valence-corrected chi connectivity index (χ0v) is 19.8. The average molecular weight is 438 g/mol. The number of amides is 2. The standard InChI is InChI=1S/C25H31N3O2S/c1-25(2,3)17-8-10-19(11-9-17)28-23(29)21(20-7-6-16-31-20)22(24(28)30)27(5)18-12-14-26(4)15-13-18/h6-11,16,18H,12-15H2,1-5H3. The van der Waals surface area contributed by atoms with Gasteiger partial charge >= 0.3 is 0 Å². The summed E-state index contributed by atoms with van der Waals surface area (Å²) in [6, 6.07) is 11.9. The Labute approximate surface area is 189 Å². The van der Waals surface area contributed by atoms with Gasteiger partial charge in [-0.2, -0.15) is 0 Å². The Balaban J connectivity index is 1.71. The summed E-state index contributed by atoms with van der Waals surface area (Å²) < 4.78 is 0. The molecule has 0 radical (unpaired) electrons. The molecule has 2 aliphatic rings. The fourth-order valence-electron chi connectivity index (χ4n) is 4.40. The first-order valence-corrected chi connectivity index (χ1v) is 11.8. The molecular formula is C25H31N3O2S. The van der Waals surface area contributed by atoms with Crippen molar-refractivity contribution in [2.75, 3.05) is 32.1 Å². The predicted molar refractivity (Wildman–Crippen MR) is 127 cm³/mol. The lowest BCUT2D eigenvalue weighted by Crippen LogP contribution is -2.43. The molecule has 164 valence electrons. The van der Waals surface area contributed by atoms with Crippen molar-refractivity contribution < 1.29 is 9.59 Å². The molecule has 1 saturated heterocycles. The minimum atomic E-state index is -0.231. The Kier molecular flexibility index (Phi) is 5.79. The van der Waals surface area contributed by atoms with Crippen LogP contribution < -0.4 is 4.90 Å². The van der Waals surface area contributed by atoms with Crippen molar-refractivity contribution in [3.8, 4) is 0 Å². The number of nitrogens with zero attached hydrogens (tertiary/aromatic N) is 3. The second-order valence-electron chi connectivity index (χ2n) is 9.59. The molecule has 0 unspecified atom stereocenters. The van der Waals surface area contributed by atoms with Gasteiger partial charge in [0.05, 0.1) is 11.3 Å². The number of benzene rings is 1. The first-order chi connectivity index (χ1) is 14.7. The molecular weight excluding hydrogens is 406 g/mol. The van der Waals surface area contributed by atoms with Crippen LogP contribution in [0.1, 0.15) is 44.1 Å². The summed E-state index contributed by atoms with van der Waals surface area (Å²) in [5.74, 6) is -0.455. The van der Waals surface area contributed by atoms with E-state index in [1.54, 1.807) is 0 Å². The van der Waals surface area contributed by atoms with Crippen LogP contribution in [0.3, 0.4) is 0 Å². The molecule has 5 nitrogen and oxygen atoms in total. The molecule has 0 spiro atoms. The molecule has 0 N–H and O–H groups in total. The number of hydrogen-bond acceptors (Lipinski definition) is 5. The van der Waals surface area contributed by atoms with Crippen LogP contribution in [0.2, 0.25) is 0 Å². The second kappa shape index (κ2) is 8.24. The van der Waals surface area contributed by atoms with Crippen LogP contribution in [-0.4, -0.2) is 54.8 Å². The number of imide groups is 1. The number of carbonyl (C=O) groups excluding carboxylic acids is 2. The fourth-order valence-corrected chi connectivity index (χ4v) is 5.16. The fraction of sp³-hybridized carbons (Fsp3) is 0.440. The van der Waals surface area contributed by atoms with Crippen molar-refractivity contribution >= 4 is 34.4 Å². The van der Waals surface area contributed by atoms with Gasteiger partial charge in [-0.1, -0.05) is 39.0 Å². The Bertz CT molecular complexity index is 994. The lowest BCUT2D eigenvalue weighted by molar-refractivity contribution is -0.120. The van der Waals surface area contributed by atoms with Crippen LogP contribution in [0.25, 0.3) is 5.57 Å². The quantitative estimate of drug-likeness (QED) is 0.667. The van der Waals surface area contributed by atoms with E-state index in [0.717, 1.165) is 30.8 Å². The van der Waals surface area contributed by atoms with E-state index >= 15 is 0 Å². The monoisotopic (exact) mass is 437 g/mol. The van der Waals surface area contributed by atoms with E-state index in [0.29, 0.717) is 17.0 Å². The van der Waals surface area contributed by atoms with Gasteiger partial charge < -0.3 is 9.80 Å². The smallest absolute Gasteiger partial charge is 0.282 e. The van der Waals surface area contributed by atoms with E-state index in [-0.39, 0.29) is 23.3 Å². The Morgan fingerprint density at radius 1 is 1.00 bits per heavy atom. The lowest BCUT2D eigenvalue weighted by atomic mass is 9.87. The van der Waals surface area contributed by atoms with Crippen LogP contribution in [0, 0.1) is 0 Å². The summed E-state index contributed by atoms with van der Waals surface area (Å²) in [4.78, 5) is 33.8. The van der Waals surface area contributed by atoms with Crippen molar-refractivity contribution in [3.05, 3.63) is 57.9 Å². The second-order valence-corrected chi connectivity index (χ2v) is 10.5. The molecule has 0 aliphatic carbocycles. The number of carbonyl (C=O) groups is 2. The normalized spacial score (nSPS) is 18.9. The Morgan fingerprint density at radius 3 is 2.19 bits per heavy atom. The third-order valence-electron chi connectivity index (χ3n) is 6.41. The van der Waals surface area contributed by atoms with Crippen molar-refractivity contribution in [2.45, 2.75) is 45.1 Å². The molecule has 2 aliphatic heterocycles. The van der Waals surface area contributed by atoms with Gasteiger partial charge in [0.15, 0.2) is 0 Å². The summed E-state index contributed by atoms with van der Waals surface area (Å²) in [6.45, 7) is 8.45. The number of thiophene rings is 1. The molecule has 0 saturated carbocycles. The number of likely N-dealkylation sites (tertiary alicyclic amines) is 1. The van der Waals surface area contributed by atoms with Crippen LogP contribution >= 0.6 is 11.3 Å². The summed E-state index contributed by atoms with van der Waals surface area (Å²) >= 11 is 1.50. The van der Waals surface area contributed by atoms with Crippen LogP contribution in [0.4, 0.5) is 5.69 Å². The predicted octanol–water partition coefficient (Wildman–Crippen LogP) is 4.36. The van der Waals surface area contributed by atoms with Gasteiger partial charge in [-0.25, -0.2) is 4.90 Å². The summed E-state index contributed by atoms with van der Waals surface area (Å²) in [5.41, 5.74) is 2.87. The third kappa shape index (κ3) is 4.06. The van der Waals surface area contributed by atoms with Gasteiger partial charge in [0.1, 0.15) is 5.70 Å². The maximum atomic E-state index is 13.7. The summed E-state index contributed by atoms with van der Waals surface area (Å²) in [5, 5.41) is 1.95. The van der Waals surface area contributed by atoms with E-state index in [1.165, 1.54) is 21.8 Å². The number of hydrogen-bond donors (Lipinski definition) is 0. The minimum absolute atomic E-state index is 0.0114. The molecule has 2 aromatic rings. The van der Waals surface area contributed by atoms with Gasteiger partial charge in [-0.3, -0.25) is 9.59 Å². The van der Waals surface area contributed by atoms with Crippen LogP contribution in [0.5, 0.6) is 0 Å². The number of piperidine rings is 1. The van der Waals surface area contributed by atoms with Gasteiger partial charge in [-0.15, -0.1) is 11.3 Å². The molecule has 6 heteroatoms. The Hall–Kier alpha value is -2.44. The lowest BCUT2D eigenvalue weighted by Gasteiger charge is -2.36. The third-order valence-corrected chi connectivity index (χ3v) is 7.29. The minimum Gasteiger partial charge on any atom is -0.366 e. The molecule has 1 aromatic carbocycles. The molecule has 4 rings (SSSR count). The van der Waals surface area contributed by atoms with E-state index in [4.69, 9.17) is 0 Å². The molecule has 1 fully saturated rings. The largest absolute Gasteiger partial charge is 0.366 e. The van der Waals surface area contributed by atoms with Gasteiger partial charge in [0.2, 0.25) is 0 Å². The first-order valence-electron chi connectivity index (χ1n) is 10.9. The molecule has 2 amide bonds. The first kappa shape index (κ1) is 21.8.